The Morgan fingerprint density at radius 1 is 0.738 bits per heavy atom. The minimum Gasteiger partial charge on any atom is -0.363 e. The normalized spacial score (nSPS) is 34.4. The number of hydrogen-bond donors (Lipinski definition) is 1. The van der Waals surface area contributed by atoms with Crippen LogP contribution in [0.25, 0.3) is 39.1 Å². The molecule has 0 saturated heterocycles. The van der Waals surface area contributed by atoms with Crippen LogP contribution < -0.4 is 0 Å². The maximum atomic E-state index is 3.82. The highest BCUT2D eigenvalue weighted by molar-refractivity contribution is 6.07. The van der Waals surface area contributed by atoms with Crippen molar-refractivity contribution in [1.29, 1.82) is 0 Å². The molecule has 2 saturated carbocycles. The summed E-state index contributed by atoms with van der Waals surface area (Å²) in [5.74, 6) is 5.36. The number of aromatic amines is 1. The fraction of sp³-hybridized carbons (Fsp3) is 0.356. The van der Waals surface area contributed by atoms with Gasteiger partial charge in [0.15, 0.2) is 0 Å². The third-order valence-corrected chi connectivity index (χ3v) is 17.2. The molecule has 1 aliphatic heterocycles. The standard InChI is InChI=1S/C59H58N2/c1-34-13-10-16-38(27-34)52-30-40(33-61(52)41-17-8-5-9-18-41)54-57-45-21-12-20-44-48-28-35(2)23-25-43(48)49(56(44)45)31-50(57)53(39-29-51(60-32-39)37-14-6-4-7-15-37)58-46-22-11-19-42-36(3)24-26-47(55(42)46)59(54)58/h4-11,14-17,19,22-29,32-34,41-45,48-49,52,55-56,60H,12-13,18,20-21,30-31H2,1-3H3. The van der Waals surface area contributed by atoms with Crippen molar-refractivity contribution < 1.29 is 0 Å². The Hall–Kier alpha value is -5.34. The first-order valence-corrected chi connectivity index (χ1v) is 23.8. The van der Waals surface area contributed by atoms with Gasteiger partial charge in [0.2, 0.25) is 0 Å². The molecule has 11 atom stereocenters. The summed E-state index contributed by atoms with van der Waals surface area (Å²) in [7, 11) is 0. The average Bonchev–Trinajstić information content (AvgIpc) is 4.10. The van der Waals surface area contributed by atoms with Crippen molar-refractivity contribution in [3.05, 3.63) is 184 Å². The van der Waals surface area contributed by atoms with Crippen LogP contribution in [0.2, 0.25) is 0 Å². The second kappa shape index (κ2) is 13.8. The lowest BCUT2D eigenvalue weighted by molar-refractivity contribution is 0.167. The van der Waals surface area contributed by atoms with E-state index in [1.165, 1.54) is 70.4 Å². The molecule has 0 amide bonds. The summed E-state index contributed by atoms with van der Waals surface area (Å²) in [4.78, 5) is 6.61. The highest BCUT2D eigenvalue weighted by Crippen LogP contribution is 2.68. The monoisotopic (exact) mass is 794 g/mol. The van der Waals surface area contributed by atoms with Gasteiger partial charge >= 0.3 is 0 Å². The van der Waals surface area contributed by atoms with Gasteiger partial charge in [-0.25, -0.2) is 0 Å². The van der Waals surface area contributed by atoms with E-state index in [1.807, 2.05) is 0 Å². The lowest BCUT2D eigenvalue weighted by Gasteiger charge is -2.45. The van der Waals surface area contributed by atoms with Gasteiger partial charge in [0, 0.05) is 35.5 Å². The molecule has 2 aromatic carbocycles. The molecule has 11 unspecified atom stereocenters. The first kappa shape index (κ1) is 36.3. The van der Waals surface area contributed by atoms with Crippen LogP contribution in [0, 0.1) is 47.3 Å². The lowest BCUT2D eigenvalue weighted by Crippen LogP contribution is -2.37. The molecule has 13 rings (SSSR count). The fourth-order valence-corrected chi connectivity index (χ4v) is 14.8. The highest BCUT2D eigenvalue weighted by atomic mass is 15.2. The van der Waals surface area contributed by atoms with Crippen LogP contribution in [-0.4, -0.2) is 22.0 Å². The minimum absolute atomic E-state index is 0.335. The second-order valence-corrected chi connectivity index (χ2v) is 20.4. The van der Waals surface area contributed by atoms with Gasteiger partial charge in [0.05, 0.1) is 12.1 Å². The Bertz CT molecular complexity index is 2720. The van der Waals surface area contributed by atoms with Gasteiger partial charge in [0.25, 0.3) is 0 Å². The van der Waals surface area contributed by atoms with Gasteiger partial charge in [0.1, 0.15) is 0 Å². The predicted octanol–water partition coefficient (Wildman–Crippen LogP) is 14.1. The number of allylic oxidation sites excluding steroid dienone is 16. The summed E-state index contributed by atoms with van der Waals surface area (Å²) >= 11 is 0. The van der Waals surface area contributed by atoms with E-state index in [-0.39, 0.29) is 0 Å². The number of nitrogens with one attached hydrogen (secondary N) is 1. The molecular weight excluding hydrogens is 737 g/mol. The number of rotatable bonds is 5. The van der Waals surface area contributed by atoms with Crippen LogP contribution >= 0.6 is 0 Å². The molecule has 10 aliphatic rings. The Balaban J connectivity index is 1.10. The molecule has 2 fully saturated rings. The van der Waals surface area contributed by atoms with Crippen LogP contribution in [0.1, 0.15) is 93.0 Å². The molecule has 0 bridgehead atoms. The molecule has 3 aromatic rings. The number of nitrogens with zero attached hydrogens (tertiary/aromatic N) is 1. The van der Waals surface area contributed by atoms with Gasteiger partial charge in [-0.05, 0) is 161 Å². The van der Waals surface area contributed by atoms with Crippen LogP contribution in [0.4, 0.5) is 0 Å². The molecule has 304 valence electrons. The topological polar surface area (TPSA) is 19.0 Å². The Labute approximate surface area is 363 Å². The van der Waals surface area contributed by atoms with E-state index in [0.717, 1.165) is 31.1 Å². The highest BCUT2D eigenvalue weighted by Gasteiger charge is 2.57. The molecule has 61 heavy (non-hydrogen) atoms. The zero-order valence-corrected chi connectivity index (χ0v) is 36.0. The van der Waals surface area contributed by atoms with Crippen molar-refractivity contribution >= 4 is 16.7 Å². The fourth-order valence-electron chi connectivity index (χ4n) is 14.8. The van der Waals surface area contributed by atoms with E-state index in [4.69, 9.17) is 0 Å². The Morgan fingerprint density at radius 2 is 1.62 bits per heavy atom. The van der Waals surface area contributed by atoms with Crippen molar-refractivity contribution in [2.75, 3.05) is 0 Å². The van der Waals surface area contributed by atoms with Crippen molar-refractivity contribution in [3.63, 3.8) is 0 Å². The molecule has 0 spiro atoms. The van der Waals surface area contributed by atoms with Gasteiger partial charge in [-0.15, -0.1) is 0 Å². The first-order chi connectivity index (χ1) is 30.0. The summed E-state index contributed by atoms with van der Waals surface area (Å²) in [5, 5.41) is 0. The molecular formula is C59H58N2. The number of H-pyrrole nitrogens is 1. The number of benzene rings is 2. The van der Waals surface area contributed by atoms with E-state index in [1.54, 1.807) is 39.0 Å². The van der Waals surface area contributed by atoms with Crippen LogP contribution in [-0.2, 0) is 6.42 Å². The molecule has 1 aromatic heterocycles. The average molecular weight is 795 g/mol. The van der Waals surface area contributed by atoms with Crippen LogP contribution in [0.3, 0.4) is 0 Å². The Kier molecular flexibility index (Phi) is 8.24. The van der Waals surface area contributed by atoms with E-state index < -0.39 is 0 Å². The van der Waals surface area contributed by atoms with Crippen molar-refractivity contribution in [1.82, 2.24) is 9.88 Å². The number of hydrogen-bond acceptors (Lipinski definition) is 1. The van der Waals surface area contributed by atoms with Crippen molar-refractivity contribution in [2.45, 2.75) is 83.7 Å². The van der Waals surface area contributed by atoms with E-state index in [9.17, 15) is 0 Å². The molecule has 0 radical (unpaired) electrons. The van der Waals surface area contributed by atoms with Gasteiger partial charge in [-0.2, -0.15) is 0 Å². The van der Waals surface area contributed by atoms with E-state index in [2.05, 4.69) is 171 Å². The summed E-state index contributed by atoms with van der Waals surface area (Å²) in [6.45, 7) is 7.11. The number of aromatic nitrogens is 1. The minimum atomic E-state index is 0.335. The first-order valence-electron chi connectivity index (χ1n) is 23.8. The van der Waals surface area contributed by atoms with Crippen LogP contribution in [0.15, 0.2) is 157 Å². The lowest BCUT2D eigenvalue weighted by atomic mass is 9.59. The van der Waals surface area contributed by atoms with Gasteiger partial charge in [-0.1, -0.05) is 146 Å². The van der Waals surface area contributed by atoms with E-state index >= 15 is 0 Å². The summed E-state index contributed by atoms with van der Waals surface area (Å²) in [5.41, 5.74) is 22.7. The van der Waals surface area contributed by atoms with Gasteiger partial charge in [-0.3, -0.25) is 0 Å². The molecule has 2 nitrogen and oxygen atoms in total. The second-order valence-electron chi connectivity index (χ2n) is 20.4. The smallest absolute Gasteiger partial charge is 0.0581 e. The van der Waals surface area contributed by atoms with Crippen molar-refractivity contribution in [3.8, 4) is 22.4 Å². The quantitative estimate of drug-likeness (QED) is 0.273. The maximum Gasteiger partial charge on any atom is 0.0581 e. The van der Waals surface area contributed by atoms with Crippen LogP contribution in [0.5, 0.6) is 0 Å². The molecule has 9 aliphatic carbocycles. The maximum absolute atomic E-state index is 3.82. The third kappa shape index (κ3) is 5.39. The number of fused-ring (bicyclic) bond motifs is 8. The van der Waals surface area contributed by atoms with Gasteiger partial charge < -0.3 is 9.88 Å². The molecule has 2 heteroatoms. The summed E-state index contributed by atoms with van der Waals surface area (Å²) < 4.78 is 0. The molecule has 2 heterocycles. The zero-order valence-electron chi connectivity index (χ0n) is 36.0. The molecule has 1 N–H and O–H groups in total. The van der Waals surface area contributed by atoms with Crippen molar-refractivity contribution in [2.24, 2.45) is 47.3 Å². The SMILES string of the molecule is CC1=CC2C(C=C1)C1Cc3c(-c4c[nH]c(-c5ccccc5)c4)c4c(c(C5=CN(C6C=CC=CC6)C(C6=CC(C)CC=C6)C5)c3C3CCCC2C31)C1=CC=C(C)C2C=CC=C4C12. The van der Waals surface area contributed by atoms with E-state index in [0.29, 0.717) is 53.5 Å². The Morgan fingerprint density at radius 3 is 2.49 bits per heavy atom. The predicted molar refractivity (Wildman–Crippen MR) is 254 cm³/mol. The third-order valence-electron chi connectivity index (χ3n) is 17.2. The summed E-state index contributed by atoms with van der Waals surface area (Å²) in [6, 6.07) is 14.2. The zero-order chi connectivity index (χ0) is 40.5. The summed E-state index contributed by atoms with van der Waals surface area (Å²) in [6.07, 6.45) is 50.7. The largest absolute Gasteiger partial charge is 0.363 e.